The fourth-order valence-electron chi connectivity index (χ4n) is 3.04. The molecule has 1 aliphatic heterocycles. The van der Waals surface area contributed by atoms with Gasteiger partial charge < -0.3 is 0 Å². The van der Waals surface area contributed by atoms with Crippen molar-refractivity contribution in [2.24, 2.45) is 11.3 Å². The molecule has 1 saturated carbocycles. The third-order valence-electron chi connectivity index (χ3n) is 4.48. The number of alkyl halides is 1. The Hall–Kier alpha value is 0.440. The van der Waals surface area contributed by atoms with Crippen LogP contribution in [0.5, 0.6) is 0 Å². The summed E-state index contributed by atoms with van der Waals surface area (Å²) in [5.41, 5.74) is 0.630. The van der Waals surface area contributed by atoms with E-state index in [4.69, 9.17) is 0 Å². The van der Waals surface area contributed by atoms with Crippen molar-refractivity contribution < 1.29 is 0 Å². The first-order chi connectivity index (χ1) is 7.15. The highest BCUT2D eigenvalue weighted by Gasteiger charge is 2.39. The minimum atomic E-state index is 0.630. The zero-order valence-corrected chi connectivity index (χ0v) is 11.7. The van der Waals surface area contributed by atoms with E-state index in [-0.39, 0.29) is 0 Å². The van der Waals surface area contributed by atoms with E-state index in [1.807, 2.05) is 0 Å². The Morgan fingerprint density at radius 1 is 1.27 bits per heavy atom. The molecule has 0 amide bonds. The lowest BCUT2D eigenvalue weighted by Crippen LogP contribution is -2.50. The molecule has 2 atom stereocenters. The Bertz CT molecular complexity index is 207. The predicted octanol–water partition coefficient (Wildman–Crippen LogP) is 3.67. The van der Waals surface area contributed by atoms with Crippen LogP contribution in [0.2, 0.25) is 0 Å². The van der Waals surface area contributed by atoms with Gasteiger partial charge in [0, 0.05) is 24.5 Å². The largest absolute Gasteiger partial charge is 0.300 e. The van der Waals surface area contributed by atoms with Crippen molar-refractivity contribution in [1.82, 2.24) is 4.90 Å². The standard InChI is InChI=1S/C13H24BrN/c1-11-4-5-12(2)15(8-11)10-13(9-14)6-3-7-13/h11-12H,3-10H2,1-2H3. The van der Waals surface area contributed by atoms with E-state index in [0.29, 0.717) is 5.41 Å². The van der Waals surface area contributed by atoms with Crippen LogP contribution in [-0.2, 0) is 0 Å². The van der Waals surface area contributed by atoms with Crippen LogP contribution < -0.4 is 0 Å². The normalized spacial score (nSPS) is 36.2. The molecule has 0 bridgehead atoms. The lowest BCUT2D eigenvalue weighted by Gasteiger charge is -2.48. The fraction of sp³-hybridized carbons (Fsp3) is 1.00. The van der Waals surface area contributed by atoms with Crippen molar-refractivity contribution in [3.8, 4) is 0 Å². The van der Waals surface area contributed by atoms with E-state index >= 15 is 0 Å². The molecule has 1 nitrogen and oxygen atoms in total. The Balaban J connectivity index is 1.91. The maximum atomic E-state index is 3.72. The summed E-state index contributed by atoms with van der Waals surface area (Å²) in [4.78, 5) is 2.74. The molecule has 0 aromatic heterocycles. The molecule has 0 N–H and O–H groups in total. The first-order valence-corrected chi connectivity index (χ1v) is 7.57. The van der Waals surface area contributed by atoms with Gasteiger partial charge in [-0.3, -0.25) is 4.90 Å². The number of halogens is 1. The molecule has 15 heavy (non-hydrogen) atoms. The van der Waals surface area contributed by atoms with Gasteiger partial charge in [-0.2, -0.15) is 0 Å². The highest BCUT2D eigenvalue weighted by molar-refractivity contribution is 9.09. The maximum Gasteiger partial charge on any atom is 0.0100 e. The van der Waals surface area contributed by atoms with E-state index in [2.05, 4.69) is 34.7 Å². The van der Waals surface area contributed by atoms with Gasteiger partial charge in [0.05, 0.1) is 0 Å². The molecule has 0 aromatic rings. The summed E-state index contributed by atoms with van der Waals surface area (Å²) < 4.78 is 0. The molecule has 0 radical (unpaired) electrons. The monoisotopic (exact) mass is 273 g/mol. The van der Waals surface area contributed by atoms with E-state index in [1.54, 1.807) is 0 Å². The molecule has 2 heteroatoms. The smallest absolute Gasteiger partial charge is 0.0100 e. The molecule has 2 unspecified atom stereocenters. The number of likely N-dealkylation sites (tertiary alicyclic amines) is 1. The molecule has 2 fully saturated rings. The molecule has 1 aliphatic carbocycles. The van der Waals surface area contributed by atoms with Crippen LogP contribution in [0.3, 0.4) is 0 Å². The van der Waals surface area contributed by atoms with Crippen molar-refractivity contribution >= 4 is 15.9 Å². The number of hydrogen-bond acceptors (Lipinski definition) is 1. The van der Waals surface area contributed by atoms with Crippen LogP contribution >= 0.6 is 15.9 Å². The quantitative estimate of drug-likeness (QED) is 0.710. The van der Waals surface area contributed by atoms with Crippen LogP contribution in [0.4, 0.5) is 0 Å². The highest BCUT2D eigenvalue weighted by Crippen LogP contribution is 2.44. The summed E-state index contributed by atoms with van der Waals surface area (Å²) in [5, 5.41) is 1.21. The van der Waals surface area contributed by atoms with Crippen LogP contribution in [0, 0.1) is 11.3 Å². The van der Waals surface area contributed by atoms with Crippen molar-refractivity contribution in [2.75, 3.05) is 18.4 Å². The summed E-state index contributed by atoms with van der Waals surface area (Å²) in [7, 11) is 0. The van der Waals surface area contributed by atoms with Crippen LogP contribution in [0.15, 0.2) is 0 Å². The van der Waals surface area contributed by atoms with Gasteiger partial charge in [0.15, 0.2) is 0 Å². The van der Waals surface area contributed by atoms with Gasteiger partial charge in [0.25, 0.3) is 0 Å². The van der Waals surface area contributed by atoms with Crippen molar-refractivity contribution in [3.63, 3.8) is 0 Å². The molecular formula is C13H24BrN. The average Bonchev–Trinajstić information content (AvgIpc) is 2.17. The van der Waals surface area contributed by atoms with Gasteiger partial charge in [-0.25, -0.2) is 0 Å². The van der Waals surface area contributed by atoms with Gasteiger partial charge in [0.1, 0.15) is 0 Å². The topological polar surface area (TPSA) is 3.24 Å². The maximum absolute atomic E-state index is 3.72. The van der Waals surface area contributed by atoms with Crippen molar-refractivity contribution in [3.05, 3.63) is 0 Å². The molecule has 0 aromatic carbocycles. The molecule has 1 saturated heterocycles. The predicted molar refractivity (Wildman–Crippen MR) is 69.5 cm³/mol. The average molecular weight is 274 g/mol. The Kier molecular flexibility index (Phi) is 3.77. The van der Waals surface area contributed by atoms with Gasteiger partial charge in [-0.1, -0.05) is 29.3 Å². The SMILES string of the molecule is CC1CCC(C)N(CC2(CBr)CCC2)C1. The molecule has 88 valence electrons. The molecule has 1 heterocycles. The lowest BCUT2D eigenvalue weighted by atomic mass is 9.69. The second-order valence-corrected chi connectivity index (χ2v) is 6.51. The summed E-state index contributed by atoms with van der Waals surface area (Å²) in [6, 6.07) is 0.817. The van der Waals surface area contributed by atoms with Crippen molar-refractivity contribution in [1.29, 1.82) is 0 Å². The van der Waals surface area contributed by atoms with Crippen LogP contribution in [0.1, 0.15) is 46.0 Å². The Morgan fingerprint density at radius 2 is 2.00 bits per heavy atom. The van der Waals surface area contributed by atoms with E-state index < -0.39 is 0 Å². The zero-order valence-electron chi connectivity index (χ0n) is 10.1. The Morgan fingerprint density at radius 3 is 2.53 bits per heavy atom. The fourth-order valence-corrected chi connectivity index (χ4v) is 3.78. The van der Waals surface area contributed by atoms with E-state index in [0.717, 1.165) is 12.0 Å². The Labute approximate surface area is 103 Å². The second kappa shape index (κ2) is 4.75. The minimum absolute atomic E-state index is 0.630. The van der Waals surface area contributed by atoms with Crippen molar-refractivity contribution in [2.45, 2.75) is 52.0 Å². The first kappa shape index (κ1) is 11.9. The second-order valence-electron chi connectivity index (χ2n) is 5.95. The number of hydrogen-bond donors (Lipinski definition) is 0. The molecule has 2 rings (SSSR count). The summed E-state index contributed by atoms with van der Waals surface area (Å²) in [5.74, 6) is 0.911. The third kappa shape index (κ3) is 2.58. The minimum Gasteiger partial charge on any atom is -0.300 e. The van der Waals surface area contributed by atoms with E-state index in [9.17, 15) is 0 Å². The highest BCUT2D eigenvalue weighted by atomic mass is 79.9. The number of piperidine rings is 1. The molecular weight excluding hydrogens is 250 g/mol. The van der Waals surface area contributed by atoms with Crippen LogP contribution in [0.25, 0.3) is 0 Å². The third-order valence-corrected chi connectivity index (χ3v) is 5.67. The van der Waals surface area contributed by atoms with Gasteiger partial charge in [0.2, 0.25) is 0 Å². The van der Waals surface area contributed by atoms with Gasteiger partial charge >= 0.3 is 0 Å². The zero-order chi connectivity index (χ0) is 10.9. The van der Waals surface area contributed by atoms with Gasteiger partial charge in [-0.05, 0) is 43.9 Å². The van der Waals surface area contributed by atoms with Gasteiger partial charge in [-0.15, -0.1) is 0 Å². The van der Waals surface area contributed by atoms with Crippen LogP contribution in [-0.4, -0.2) is 29.4 Å². The number of nitrogens with zero attached hydrogens (tertiary/aromatic N) is 1. The number of rotatable bonds is 3. The molecule has 2 aliphatic rings. The summed E-state index contributed by atoms with van der Waals surface area (Å²) in [6.45, 7) is 7.48. The van der Waals surface area contributed by atoms with E-state index in [1.165, 1.54) is 50.5 Å². The first-order valence-electron chi connectivity index (χ1n) is 6.45. The molecule has 0 spiro atoms. The summed E-state index contributed by atoms with van der Waals surface area (Å²) >= 11 is 3.72. The summed E-state index contributed by atoms with van der Waals surface area (Å²) in [6.07, 6.45) is 7.16. The lowest BCUT2D eigenvalue weighted by molar-refractivity contribution is 0.0372.